The molecule has 1 N–H and O–H groups in total. The van der Waals surface area contributed by atoms with Crippen LogP contribution in [0.3, 0.4) is 0 Å². The number of amides is 1. The van der Waals surface area contributed by atoms with Crippen LogP contribution in [0.25, 0.3) is 20.4 Å². The van der Waals surface area contributed by atoms with Gasteiger partial charge in [-0.05, 0) is 44.5 Å². The summed E-state index contributed by atoms with van der Waals surface area (Å²) >= 11 is 1.32. The second kappa shape index (κ2) is 7.29. The Morgan fingerprint density at radius 2 is 2.00 bits per heavy atom. The number of hydrogen-bond donors (Lipinski definition) is 1. The van der Waals surface area contributed by atoms with E-state index >= 15 is 0 Å². The van der Waals surface area contributed by atoms with Crippen LogP contribution in [0.2, 0.25) is 0 Å². The second-order valence-electron chi connectivity index (χ2n) is 6.87. The third-order valence-electron chi connectivity index (χ3n) is 4.72. The molecule has 7 nitrogen and oxygen atoms in total. The fraction of sp³-hybridized carbons (Fsp3) is 0.238. The summed E-state index contributed by atoms with van der Waals surface area (Å²) in [5.41, 5.74) is 2.97. The number of thiophene rings is 1. The number of methoxy groups -OCH3 is 1. The quantitative estimate of drug-likeness (QED) is 0.558. The lowest BCUT2D eigenvalue weighted by molar-refractivity contribution is -0.116. The van der Waals surface area contributed by atoms with Crippen LogP contribution in [0.15, 0.2) is 35.1 Å². The highest BCUT2D eigenvalue weighted by atomic mass is 32.1. The van der Waals surface area contributed by atoms with Gasteiger partial charge in [0.1, 0.15) is 27.6 Å². The molecule has 0 radical (unpaired) electrons. The van der Waals surface area contributed by atoms with Crippen LogP contribution in [-0.4, -0.2) is 27.6 Å². The number of aromatic nitrogens is 3. The summed E-state index contributed by atoms with van der Waals surface area (Å²) in [5, 5.41) is 3.70. The Labute approximate surface area is 171 Å². The standard InChI is InChI=1S/C21H20N4O3S/c1-11-8-12(2)22-20-17(11)18-19(29-20)21(27)25(13(3)23-18)10-16(26)24-14-6-5-7-15(9-14)28-4/h5-9H,10H2,1-4H3,(H,24,26). The van der Waals surface area contributed by atoms with Gasteiger partial charge >= 0.3 is 0 Å². The van der Waals surface area contributed by atoms with Crippen molar-refractivity contribution in [1.29, 1.82) is 0 Å². The lowest BCUT2D eigenvalue weighted by atomic mass is 10.1. The zero-order valence-electron chi connectivity index (χ0n) is 16.6. The van der Waals surface area contributed by atoms with Crippen LogP contribution in [0.5, 0.6) is 5.75 Å². The maximum absolute atomic E-state index is 13.1. The molecule has 3 aromatic heterocycles. The number of benzene rings is 1. The Morgan fingerprint density at radius 3 is 2.76 bits per heavy atom. The molecule has 0 bridgehead atoms. The number of anilines is 1. The summed E-state index contributed by atoms with van der Waals surface area (Å²) < 4.78 is 7.08. The third-order valence-corrected chi connectivity index (χ3v) is 5.78. The van der Waals surface area contributed by atoms with Crippen LogP contribution in [0, 0.1) is 20.8 Å². The zero-order valence-corrected chi connectivity index (χ0v) is 17.4. The van der Waals surface area contributed by atoms with E-state index < -0.39 is 0 Å². The molecule has 29 heavy (non-hydrogen) atoms. The number of carbonyl (C=O) groups excluding carboxylic acids is 1. The molecule has 1 aromatic carbocycles. The van der Waals surface area contributed by atoms with Crippen molar-refractivity contribution in [2.75, 3.05) is 12.4 Å². The molecule has 0 aliphatic carbocycles. The van der Waals surface area contributed by atoms with Crippen LogP contribution < -0.4 is 15.6 Å². The molecule has 0 aliphatic rings. The fourth-order valence-electron chi connectivity index (χ4n) is 3.40. The van der Waals surface area contributed by atoms with E-state index in [1.54, 1.807) is 38.3 Å². The Hall–Kier alpha value is -3.26. The number of carbonyl (C=O) groups is 1. The monoisotopic (exact) mass is 408 g/mol. The van der Waals surface area contributed by atoms with Gasteiger partial charge in [0.25, 0.3) is 5.56 Å². The van der Waals surface area contributed by atoms with E-state index in [-0.39, 0.29) is 18.0 Å². The first kappa shape index (κ1) is 19.1. The summed E-state index contributed by atoms with van der Waals surface area (Å²) in [6.45, 7) is 5.54. The van der Waals surface area contributed by atoms with Gasteiger partial charge in [-0.3, -0.25) is 14.2 Å². The van der Waals surface area contributed by atoms with E-state index in [2.05, 4.69) is 15.3 Å². The smallest absolute Gasteiger partial charge is 0.272 e. The zero-order chi connectivity index (χ0) is 20.7. The van der Waals surface area contributed by atoms with Gasteiger partial charge in [-0.15, -0.1) is 11.3 Å². The third kappa shape index (κ3) is 3.47. The van der Waals surface area contributed by atoms with Crippen LogP contribution in [0.4, 0.5) is 5.69 Å². The number of rotatable bonds is 4. The lowest BCUT2D eigenvalue weighted by Gasteiger charge is -2.11. The number of nitrogens with one attached hydrogen (secondary N) is 1. The maximum atomic E-state index is 13.1. The highest BCUT2D eigenvalue weighted by Gasteiger charge is 2.18. The molecular formula is C21H20N4O3S. The Bertz CT molecular complexity index is 1320. The number of aryl methyl sites for hydroxylation is 3. The van der Waals surface area contributed by atoms with E-state index in [1.165, 1.54) is 15.9 Å². The molecule has 0 aliphatic heterocycles. The van der Waals surface area contributed by atoms with Gasteiger partial charge in [-0.1, -0.05) is 6.07 Å². The molecule has 4 rings (SSSR count). The molecule has 3 heterocycles. The summed E-state index contributed by atoms with van der Waals surface area (Å²) in [7, 11) is 1.56. The number of nitrogens with zero attached hydrogens (tertiary/aromatic N) is 3. The molecule has 0 atom stereocenters. The van der Waals surface area contributed by atoms with Crippen LogP contribution >= 0.6 is 11.3 Å². The average molecular weight is 408 g/mol. The maximum Gasteiger partial charge on any atom is 0.272 e. The highest BCUT2D eigenvalue weighted by Crippen LogP contribution is 2.32. The molecular weight excluding hydrogens is 388 g/mol. The van der Waals surface area contributed by atoms with Gasteiger partial charge in [-0.25, -0.2) is 9.97 Å². The molecule has 1 amide bonds. The van der Waals surface area contributed by atoms with Crippen molar-refractivity contribution in [3.63, 3.8) is 0 Å². The van der Waals surface area contributed by atoms with Crippen molar-refractivity contribution < 1.29 is 9.53 Å². The molecule has 8 heteroatoms. The van der Waals surface area contributed by atoms with E-state index in [4.69, 9.17) is 4.74 Å². The van der Waals surface area contributed by atoms with Crippen LogP contribution in [-0.2, 0) is 11.3 Å². The highest BCUT2D eigenvalue weighted by molar-refractivity contribution is 7.25. The Morgan fingerprint density at radius 1 is 1.21 bits per heavy atom. The van der Waals surface area contributed by atoms with Gasteiger partial charge in [0.15, 0.2) is 0 Å². The second-order valence-corrected chi connectivity index (χ2v) is 7.87. The Balaban J connectivity index is 1.72. The lowest BCUT2D eigenvalue weighted by Crippen LogP contribution is -2.29. The molecule has 0 saturated carbocycles. The van der Waals surface area contributed by atoms with Crippen LogP contribution in [0.1, 0.15) is 17.1 Å². The van der Waals surface area contributed by atoms with Crippen molar-refractivity contribution in [3.8, 4) is 5.75 Å². The number of ether oxygens (including phenoxy) is 1. The van der Waals surface area contributed by atoms with Crippen molar-refractivity contribution >= 4 is 43.4 Å². The first-order valence-electron chi connectivity index (χ1n) is 9.09. The van der Waals surface area contributed by atoms with Gasteiger partial charge < -0.3 is 10.1 Å². The molecule has 148 valence electrons. The average Bonchev–Trinajstić information content (AvgIpc) is 3.03. The predicted octanol–water partition coefficient (Wildman–Crippen LogP) is 3.58. The summed E-state index contributed by atoms with van der Waals surface area (Å²) in [6.07, 6.45) is 0. The van der Waals surface area contributed by atoms with E-state index in [0.717, 1.165) is 21.5 Å². The molecule has 0 saturated heterocycles. The minimum Gasteiger partial charge on any atom is -0.497 e. The summed E-state index contributed by atoms with van der Waals surface area (Å²) in [4.78, 5) is 35.6. The minimum absolute atomic E-state index is 0.121. The van der Waals surface area contributed by atoms with Gasteiger partial charge in [0, 0.05) is 22.8 Å². The van der Waals surface area contributed by atoms with Crippen molar-refractivity contribution in [2.45, 2.75) is 27.3 Å². The van der Waals surface area contributed by atoms with Crippen molar-refractivity contribution in [3.05, 3.63) is 57.8 Å². The number of pyridine rings is 1. The number of hydrogen-bond acceptors (Lipinski definition) is 6. The molecule has 0 fully saturated rings. The van der Waals surface area contributed by atoms with Crippen molar-refractivity contribution in [2.24, 2.45) is 0 Å². The predicted molar refractivity (Wildman–Crippen MR) is 115 cm³/mol. The minimum atomic E-state index is -0.309. The van der Waals surface area contributed by atoms with Gasteiger partial charge in [0.05, 0.1) is 12.6 Å². The summed E-state index contributed by atoms with van der Waals surface area (Å²) in [6, 6.07) is 9.05. The SMILES string of the molecule is COc1cccc(NC(=O)Cn2c(C)nc3c(sc4nc(C)cc(C)c43)c2=O)c1. The number of fused-ring (bicyclic) bond motifs is 3. The first-order chi connectivity index (χ1) is 13.9. The molecule has 0 spiro atoms. The normalized spacial score (nSPS) is 11.2. The molecule has 4 aromatic rings. The Kier molecular flexibility index (Phi) is 4.79. The van der Waals surface area contributed by atoms with Gasteiger partial charge in [-0.2, -0.15) is 0 Å². The first-order valence-corrected chi connectivity index (χ1v) is 9.91. The fourth-order valence-corrected chi connectivity index (χ4v) is 4.58. The van der Waals surface area contributed by atoms with E-state index in [9.17, 15) is 9.59 Å². The van der Waals surface area contributed by atoms with Crippen molar-refractivity contribution in [1.82, 2.24) is 14.5 Å². The van der Waals surface area contributed by atoms with E-state index in [0.29, 0.717) is 27.5 Å². The van der Waals surface area contributed by atoms with E-state index in [1.807, 2.05) is 19.9 Å². The summed E-state index contributed by atoms with van der Waals surface area (Å²) in [5.74, 6) is 0.821. The largest absolute Gasteiger partial charge is 0.497 e. The topological polar surface area (TPSA) is 86.1 Å². The van der Waals surface area contributed by atoms with Gasteiger partial charge in [0.2, 0.25) is 5.91 Å². The molecule has 0 unspecified atom stereocenters.